The predicted octanol–water partition coefficient (Wildman–Crippen LogP) is 3.56. The van der Waals surface area contributed by atoms with Crippen molar-refractivity contribution < 1.29 is 13.6 Å². The van der Waals surface area contributed by atoms with Crippen LogP contribution in [0.3, 0.4) is 0 Å². The largest absolute Gasteiger partial charge is 0.354 e. The summed E-state index contributed by atoms with van der Waals surface area (Å²) in [6.45, 7) is 9.12. The maximum atomic E-state index is 11.9. The SMILES string of the molecule is CC=CP(=O)(OC(C)C)OC(C)C. The minimum absolute atomic E-state index is 0.0965. The smallest absolute Gasteiger partial charge is 0.303 e. The number of hydrogen-bond acceptors (Lipinski definition) is 3. The molecule has 0 rings (SSSR count). The highest BCUT2D eigenvalue weighted by molar-refractivity contribution is 7.57. The van der Waals surface area contributed by atoms with Gasteiger partial charge < -0.3 is 9.05 Å². The summed E-state index contributed by atoms with van der Waals surface area (Å²) in [5, 5.41) is 0. The van der Waals surface area contributed by atoms with Gasteiger partial charge in [0.15, 0.2) is 0 Å². The molecular formula is C9H19O3P. The molecule has 0 amide bonds. The van der Waals surface area contributed by atoms with Crippen LogP contribution in [-0.2, 0) is 13.6 Å². The van der Waals surface area contributed by atoms with Gasteiger partial charge in [-0.3, -0.25) is 4.57 Å². The van der Waals surface area contributed by atoms with Gasteiger partial charge in [0, 0.05) is 5.82 Å². The van der Waals surface area contributed by atoms with Gasteiger partial charge in [0.2, 0.25) is 0 Å². The lowest BCUT2D eigenvalue weighted by Gasteiger charge is -2.19. The molecule has 0 spiro atoms. The predicted molar refractivity (Wildman–Crippen MR) is 54.9 cm³/mol. The topological polar surface area (TPSA) is 35.5 Å². The zero-order chi connectivity index (χ0) is 10.5. The monoisotopic (exact) mass is 206 g/mol. The third-order valence-corrected chi connectivity index (χ3v) is 3.14. The Bertz CT molecular complexity index is 195. The Balaban J connectivity index is 4.44. The Morgan fingerprint density at radius 1 is 1.08 bits per heavy atom. The van der Waals surface area contributed by atoms with E-state index in [0.29, 0.717) is 0 Å². The molecule has 0 atom stereocenters. The maximum Gasteiger partial charge on any atom is 0.354 e. The zero-order valence-electron chi connectivity index (χ0n) is 8.98. The summed E-state index contributed by atoms with van der Waals surface area (Å²) in [5.41, 5.74) is 0. The van der Waals surface area contributed by atoms with E-state index < -0.39 is 7.60 Å². The molecule has 0 aromatic heterocycles. The average molecular weight is 206 g/mol. The maximum absolute atomic E-state index is 11.9. The van der Waals surface area contributed by atoms with E-state index in [9.17, 15) is 4.57 Å². The lowest BCUT2D eigenvalue weighted by atomic mass is 10.5. The molecule has 0 bridgehead atoms. The van der Waals surface area contributed by atoms with Crippen LogP contribution in [0.4, 0.5) is 0 Å². The van der Waals surface area contributed by atoms with E-state index in [2.05, 4.69) is 0 Å². The van der Waals surface area contributed by atoms with Crippen molar-refractivity contribution in [2.24, 2.45) is 0 Å². The molecule has 0 aromatic rings. The summed E-state index contributed by atoms with van der Waals surface area (Å²) in [5.74, 6) is 1.49. The minimum atomic E-state index is -3.01. The second kappa shape index (κ2) is 5.58. The molecule has 0 aliphatic carbocycles. The molecule has 78 valence electrons. The van der Waals surface area contributed by atoms with E-state index in [0.717, 1.165) is 0 Å². The van der Waals surface area contributed by atoms with Crippen LogP contribution in [-0.4, -0.2) is 12.2 Å². The van der Waals surface area contributed by atoms with E-state index in [4.69, 9.17) is 9.05 Å². The highest BCUT2D eigenvalue weighted by Crippen LogP contribution is 2.51. The van der Waals surface area contributed by atoms with Crippen LogP contribution in [0.25, 0.3) is 0 Å². The van der Waals surface area contributed by atoms with Gasteiger partial charge in [-0.25, -0.2) is 0 Å². The second-order valence-corrected chi connectivity index (χ2v) is 5.13. The molecule has 4 heteroatoms. The summed E-state index contributed by atoms with van der Waals surface area (Å²) in [6.07, 6.45) is 1.49. The van der Waals surface area contributed by atoms with Crippen LogP contribution < -0.4 is 0 Å². The van der Waals surface area contributed by atoms with Gasteiger partial charge in [0.1, 0.15) is 0 Å². The quantitative estimate of drug-likeness (QED) is 0.645. The number of rotatable bonds is 5. The summed E-state index contributed by atoms with van der Waals surface area (Å²) < 4.78 is 22.4. The third kappa shape index (κ3) is 6.03. The molecule has 0 aromatic carbocycles. The van der Waals surface area contributed by atoms with Gasteiger partial charge >= 0.3 is 7.60 Å². The Hall–Kier alpha value is -0.110. The average Bonchev–Trinajstić information content (AvgIpc) is 1.81. The number of hydrogen-bond donors (Lipinski definition) is 0. The van der Waals surface area contributed by atoms with Gasteiger partial charge in [0.25, 0.3) is 0 Å². The molecule has 0 saturated carbocycles. The van der Waals surface area contributed by atoms with E-state index in [1.807, 2.05) is 27.7 Å². The van der Waals surface area contributed by atoms with E-state index in [-0.39, 0.29) is 12.2 Å². The lowest BCUT2D eigenvalue weighted by molar-refractivity contribution is 0.149. The molecule has 0 unspecified atom stereocenters. The fourth-order valence-electron chi connectivity index (χ4n) is 0.865. The normalized spacial score (nSPS) is 13.5. The molecule has 0 heterocycles. The van der Waals surface area contributed by atoms with Gasteiger partial charge in [-0.05, 0) is 34.6 Å². The fraction of sp³-hybridized carbons (Fsp3) is 0.778. The van der Waals surface area contributed by atoms with Crippen molar-refractivity contribution in [2.45, 2.75) is 46.8 Å². The Labute approximate surface area is 80.7 Å². The van der Waals surface area contributed by atoms with Crippen molar-refractivity contribution in [2.75, 3.05) is 0 Å². The van der Waals surface area contributed by atoms with Crippen LogP contribution in [0.5, 0.6) is 0 Å². The van der Waals surface area contributed by atoms with Crippen molar-refractivity contribution in [1.82, 2.24) is 0 Å². The van der Waals surface area contributed by atoms with Crippen molar-refractivity contribution >= 4 is 7.60 Å². The highest BCUT2D eigenvalue weighted by Gasteiger charge is 2.23. The van der Waals surface area contributed by atoms with Gasteiger partial charge in [-0.15, -0.1) is 0 Å². The van der Waals surface area contributed by atoms with Crippen LogP contribution >= 0.6 is 7.60 Å². The third-order valence-electron chi connectivity index (χ3n) is 1.05. The second-order valence-electron chi connectivity index (χ2n) is 3.33. The van der Waals surface area contributed by atoms with Crippen LogP contribution in [0.15, 0.2) is 11.9 Å². The fourth-order valence-corrected chi connectivity index (χ4v) is 2.60. The van der Waals surface area contributed by atoms with Crippen molar-refractivity contribution in [3.05, 3.63) is 11.9 Å². The standard InChI is InChI=1S/C9H19O3P/c1-6-7-13(10,11-8(2)3)12-9(4)5/h6-9H,1-5H3. The molecule has 0 radical (unpaired) electrons. The Morgan fingerprint density at radius 3 is 1.69 bits per heavy atom. The molecule has 3 nitrogen and oxygen atoms in total. The summed E-state index contributed by atoms with van der Waals surface area (Å²) in [7, 11) is -3.01. The molecule has 0 fully saturated rings. The first-order valence-corrected chi connectivity index (χ1v) is 6.11. The lowest BCUT2D eigenvalue weighted by Crippen LogP contribution is -2.06. The summed E-state index contributed by atoms with van der Waals surface area (Å²) in [6, 6.07) is 0. The van der Waals surface area contributed by atoms with Crippen LogP contribution in [0.2, 0.25) is 0 Å². The first-order valence-electron chi connectivity index (χ1n) is 4.50. The van der Waals surface area contributed by atoms with Gasteiger partial charge in [-0.1, -0.05) is 6.08 Å². The van der Waals surface area contributed by atoms with E-state index >= 15 is 0 Å². The Morgan fingerprint density at radius 2 is 1.46 bits per heavy atom. The van der Waals surface area contributed by atoms with Crippen molar-refractivity contribution in [3.63, 3.8) is 0 Å². The van der Waals surface area contributed by atoms with E-state index in [1.54, 1.807) is 13.0 Å². The number of allylic oxidation sites excluding steroid dienone is 1. The van der Waals surface area contributed by atoms with Crippen LogP contribution in [0, 0.1) is 0 Å². The zero-order valence-corrected chi connectivity index (χ0v) is 9.88. The molecule has 0 aliphatic heterocycles. The van der Waals surface area contributed by atoms with Crippen molar-refractivity contribution in [3.8, 4) is 0 Å². The first kappa shape index (κ1) is 12.9. The molecule has 0 N–H and O–H groups in total. The highest BCUT2D eigenvalue weighted by atomic mass is 31.2. The molecule has 13 heavy (non-hydrogen) atoms. The van der Waals surface area contributed by atoms with Crippen LogP contribution in [0.1, 0.15) is 34.6 Å². The van der Waals surface area contributed by atoms with Gasteiger partial charge in [-0.2, -0.15) is 0 Å². The van der Waals surface area contributed by atoms with Gasteiger partial charge in [0.05, 0.1) is 12.2 Å². The van der Waals surface area contributed by atoms with E-state index in [1.165, 1.54) is 5.82 Å². The molecule has 0 aliphatic rings. The van der Waals surface area contributed by atoms with Crippen molar-refractivity contribution in [1.29, 1.82) is 0 Å². The summed E-state index contributed by atoms with van der Waals surface area (Å²) >= 11 is 0. The molecular weight excluding hydrogens is 187 g/mol. The summed E-state index contributed by atoms with van der Waals surface area (Å²) in [4.78, 5) is 0. The molecule has 0 saturated heterocycles. The Kier molecular flexibility index (Phi) is 5.54. The minimum Gasteiger partial charge on any atom is -0.303 e. The first-order chi connectivity index (χ1) is 5.89.